The molecular weight excluding hydrogens is 296 g/mol. The van der Waals surface area contributed by atoms with Gasteiger partial charge in [-0.25, -0.2) is 0 Å². The highest BCUT2D eigenvalue weighted by Crippen LogP contribution is 2.25. The summed E-state index contributed by atoms with van der Waals surface area (Å²) in [6.45, 7) is 0. The SMILES string of the molecule is COc1ccc(C(=O)Cc2cccnn2)cc1Br. The molecule has 2 aromatic rings. The largest absolute Gasteiger partial charge is 0.496 e. The quantitative estimate of drug-likeness (QED) is 0.815. The van der Waals surface area contributed by atoms with Crippen LogP contribution < -0.4 is 4.74 Å². The molecule has 18 heavy (non-hydrogen) atoms. The Morgan fingerprint density at radius 3 is 2.83 bits per heavy atom. The van der Waals surface area contributed by atoms with Crippen molar-refractivity contribution in [3.63, 3.8) is 0 Å². The smallest absolute Gasteiger partial charge is 0.168 e. The Labute approximate surface area is 113 Å². The molecule has 1 aromatic heterocycles. The summed E-state index contributed by atoms with van der Waals surface area (Å²) in [4.78, 5) is 12.0. The van der Waals surface area contributed by atoms with E-state index in [1.165, 1.54) is 0 Å². The first-order valence-electron chi connectivity index (χ1n) is 5.34. The van der Waals surface area contributed by atoms with Crippen LogP contribution >= 0.6 is 15.9 Å². The molecule has 0 aliphatic rings. The van der Waals surface area contributed by atoms with E-state index in [1.54, 1.807) is 43.6 Å². The van der Waals surface area contributed by atoms with E-state index in [4.69, 9.17) is 4.74 Å². The number of ether oxygens (including phenoxy) is 1. The van der Waals surface area contributed by atoms with Crippen LogP contribution in [0.15, 0.2) is 41.0 Å². The monoisotopic (exact) mass is 306 g/mol. The molecule has 0 saturated heterocycles. The maximum Gasteiger partial charge on any atom is 0.168 e. The predicted octanol–water partition coefficient (Wildman–Crippen LogP) is 2.67. The van der Waals surface area contributed by atoms with Crippen molar-refractivity contribution in [3.05, 3.63) is 52.3 Å². The predicted molar refractivity (Wildman–Crippen MR) is 70.8 cm³/mol. The van der Waals surface area contributed by atoms with Gasteiger partial charge in [-0.05, 0) is 46.3 Å². The van der Waals surface area contributed by atoms with Crippen LogP contribution in [-0.4, -0.2) is 23.1 Å². The minimum absolute atomic E-state index is 0.00106. The Bertz CT molecular complexity index is 558. The van der Waals surface area contributed by atoms with Crippen LogP contribution in [0.25, 0.3) is 0 Å². The fourth-order valence-electron chi connectivity index (χ4n) is 1.53. The van der Waals surface area contributed by atoms with Crippen molar-refractivity contribution in [1.29, 1.82) is 0 Å². The average molecular weight is 307 g/mol. The lowest BCUT2D eigenvalue weighted by molar-refractivity contribution is 0.0991. The lowest BCUT2D eigenvalue weighted by atomic mass is 10.1. The molecule has 0 bridgehead atoms. The van der Waals surface area contributed by atoms with E-state index in [0.29, 0.717) is 17.0 Å². The van der Waals surface area contributed by atoms with Gasteiger partial charge in [-0.2, -0.15) is 10.2 Å². The number of aromatic nitrogens is 2. The Balaban J connectivity index is 2.17. The van der Waals surface area contributed by atoms with Crippen molar-refractivity contribution in [2.75, 3.05) is 7.11 Å². The zero-order valence-electron chi connectivity index (χ0n) is 9.76. The summed E-state index contributed by atoms with van der Waals surface area (Å²) in [7, 11) is 1.58. The number of Topliss-reactive ketones (excluding diaryl/α,β-unsaturated/α-hetero) is 1. The Morgan fingerprint density at radius 1 is 1.39 bits per heavy atom. The number of ketones is 1. The van der Waals surface area contributed by atoms with Crippen LogP contribution in [0.3, 0.4) is 0 Å². The van der Waals surface area contributed by atoms with E-state index in [0.717, 1.165) is 4.47 Å². The average Bonchev–Trinajstić information content (AvgIpc) is 2.39. The maximum absolute atomic E-state index is 12.0. The van der Waals surface area contributed by atoms with Gasteiger partial charge in [0.2, 0.25) is 0 Å². The van der Waals surface area contributed by atoms with Crippen molar-refractivity contribution in [1.82, 2.24) is 10.2 Å². The standard InChI is InChI=1S/C13H11BrN2O2/c1-18-13-5-4-9(7-11(13)14)12(17)8-10-3-2-6-15-16-10/h2-7H,8H2,1H3. The normalized spacial score (nSPS) is 10.1. The molecule has 1 aromatic carbocycles. The minimum Gasteiger partial charge on any atom is -0.496 e. The minimum atomic E-state index is -0.00106. The van der Waals surface area contributed by atoms with E-state index in [9.17, 15) is 4.79 Å². The molecule has 2 rings (SSSR count). The number of carbonyl (C=O) groups excluding carboxylic acids is 1. The van der Waals surface area contributed by atoms with Gasteiger partial charge in [0, 0.05) is 11.8 Å². The van der Waals surface area contributed by atoms with Crippen molar-refractivity contribution >= 4 is 21.7 Å². The number of halogens is 1. The summed E-state index contributed by atoms with van der Waals surface area (Å²) in [5.74, 6) is 0.699. The Morgan fingerprint density at radius 2 is 2.22 bits per heavy atom. The molecule has 4 nitrogen and oxygen atoms in total. The highest BCUT2D eigenvalue weighted by atomic mass is 79.9. The van der Waals surface area contributed by atoms with Gasteiger partial charge in [0.05, 0.1) is 23.7 Å². The van der Waals surface area contributed by atoms with Gasteiger partial charge in [0.25, 0.3) is 0 Å². The van der Waals surface area contributed by atoms with Crippen molar-refractivity contribution in [2.24, 2.45) is 0 Å². The number of rotatable bonds is 4. The third-order valence-electron chi connectivity index (χ3n) is 2.44. The Kier molecular flexibility index (Phi) is 4.04. The molecule has 0 spiro atoms. The Hall–Kier alpha value is -1.75. The second-order valence-corrected chi connectivity index (χ2v) is 4.52. The van der Waals surface area contributed by atoms with Gasteiger partial charge in [-0.1, -0.05) is 0 Å². The second-order valence-electron chi connectivity index (χ2n) is 3.66. The van der Waals surface area contributed by atoms with Gasteiger partial charge in [-0.3, -0.25) is 4.79 Å². The van der Waals surface area contributed by atoms with Crippen LogP contribution in [0.4, 0.5) is 0 Å². The molecule has 0 N–H and O–H groups in total. The first kappa shape index (κ1) is 12.7. The second kappa shape index (κ2) is 5.73. The highest BCUT2D eigenvalue weighted by molar-refractivity contribution is 9.10. The third-order valence-corrected chi connectivity index (χ3v) is 3.06. The topological polar surface area (TPSA) is 52.1 Å². The molecule has 0 radical (unpaired) electrons. The third kappa shape index (κ3) is 2.92. The van der Waals surface area contributed by atoms with Crippen molar-refractivity contribution < 1.29 is 9.53 Å². The zero-order chi connectivity index (χ0) is 13.0. The van der Waals surface area contributed by atoms with Crippen LogP contribution in [0.2, 0.25) is 0 Å². The number of methoxy groups -OCH3 is 1. The summed E-state index contributed by atoms with van der Waals surface area (Å²) < 4.78 is 5.88. The van der Waals surface area contributed by atoms with Gasteiger partial charge in [0.1, 0.15) is 5.75 Å². The molecule has 1 heterocycles. The first-order chi connectivity index (χ1) is 8.70. The van der Waals surface area contributed by atoms with E-state index in [1.807, 2.05) is 0 Å². The van der Waals surface area contributed by atoms with Crippen LogP contribution in [-0.2, 0) is 6.42 Å². The molecule has 0 aliphatic carbocycles. The number of nitrogens with zero attached hydrogens (tertiary/aromatic N) is 2. The first-order valence-corrected chi connectivity index (χ1v) is 6.13. The summed E-state index contributed by atoms with van der Waals surface area (Å²) in [6.07, 6.45) is 1.82. The summed E-state index contributed by atoms with van der Waals surface area (Å²) in [5, 5.41) is 7.64. The molecule has 5 heteroatoms. The summed E-state index contributed by atoms with van der Waals surface area (Å²) in [5.41, 5.74) is 1.28. The van der Waals surface area contributed by atoms with E-state index in [-0.39, 0.29) is 12.2 Å². The molecule has 92 valence electrons. The molecule has 0 atom stereocenters. The molecular formula is C13H11BrN2O2. The number of carbonyl (C=O) groups is 1. The number of hydrogen-bond donors (Lipinski definition) is 0. The number of benzene rings is 1. The van der Waals surface area contributed by atoms with E-state index in [2.05, 4.69) is 26.1 Å². The van der Waals surface area contributed by atoms with Crippen LogP contribution in [0, 0.1) is 0 Å². The maximum atomic E-state index is 12.0. The highest BCUT2D eigenvalue weighted by Gasteiger charge is 2.10. The van der Waals surface area contributed by atoms with E-state index < -0.39 is 0 Å². The fourth-order valence-corrected chi connectivity index (χ4v) is 2.07. The van der Waals surface area contributed by atoms with Gasteiger partial charge >= 0.3 is 0 Å². The lowest BCUT2D eigenvalue weighted by Crippen LogP contribution is -2.05. The summed E-state index contributed by atoms with van der Waals surface area (Å²) >= 11 is 3.36. The number of hydrogen-bond acceptors (Lipinski definition) is 4. The van der Waals surface area contributed by atoms with Crippen LogP contribution in [0.1, 0.15) is 16.1 Å². The van der Waals surface area contributed by atoms with Crippen molar-refractivity contribution in [3.8, 4) is 5.75 Å². The molecule has 0 fully saturated rings. The zero-order valence-corrected chi connectivity index (χ0v) is 11.3. The lowest BCUT2D eigenvalue weighted by Gasteiger charge is -2.05. The molecule has 0 aliphatic heterocycles. The van der Waals surface area contributed by atoms with E-state index >= 15 is 0 Å². The van der Waals surface area contributed by atoms with Gasteiger partial charge in [-0.15, -0.1) is 0 Å². The van der Waals surface area contributed by atoms with Gasteiger partial charge < -0.3 is 4.74 Å². The fraction of sp³-hybridized carbons (Fsp3) is 0.154. The summed E-state index contributed by atoms with van der Waals surface area (Å²) in [6, 6.07) is 8.79. The molecule has 0 saturated carbocycles. The van der Waals surface area contributed by atoms with Gasteiger partial charge in [0.15, 0.2) is 5.78 Å². The molecule has 0 unspecified atom stereocenters. The van der Waals surface area contributed by atoms with Crippen molar-refractivity contribution in [2.45, 2.75) is 6.42 Å². The van der Waals surface area contributed by atoms with Crippen LogP contribution in [0.5, 0.6) is 5.75 Å². The molecule has 0 amide bonds.